The Morgan fingerprint density at radius 2 is 0.600 bits per heavy atom. The summed E-state index contributed by atoms with van der Waals surface area (Å²) in [5.74, 6) is 0. The molecule has 0 aromatic carbocycles. The van der Waals surface area contributed by atoms with Gasteiger partial charge in [0.05, 0.1) is 0 Å². The van der Waals surface area contributed by atoms with Gasteiger partial charge in [-0.05, 0) is 0 Å². The average Bonchev–Trinajstić information content (AvgIpc) is 1.25. The summed E-state index contributed by atoms with van der Waals surface area (Å²) < 4.78 is 51.1. The summed E-state index contributed by atoms with van der Waals surface area (Å²) in [5.41, 5.74) is 0. The van der Waals surface area contributed by atoms with Gasteiger partial charge in [0, 0.05) is 0 Å². The average molecular weight is 298 g/mol. The zero-order valence-electron chi connectivity index (χ0n) is 4.41. The molecule has 0 aliphatic carbocycles. The standard InChI is InChI=1S/2BrO3.Mg.H2O/c2*2-1(3)4;;/h;;;1H2/q2*-1;+2;. The van der Waals surface area contributed by atoms with Crippen LogP contribution in [-0.2, 0) is 0 Å². The Kier molecular flexibility index (Phi) is 37.9. The Bertz CT molecular complexity index is 27.1. The first-order valence-electron chi connectivity index (χ1n) is 0.926. The van der Waals surface area contributed by atoms with Gasteiger partial charge in [0.1, 0.15) is 0 Å². The van der Waals surface area contributed by atoms with E-state index in [0.717, 1.165) is 0 Å². The van der Waals surface area contributed by atoms with Gasteiger partial charge in [-0.25, -0.2) is 0 Å². The topological polar surface area (TPSA) is 170 Å². The molecular weight excluding hydrogens is 296 g/mol. The monoisotopic (exact) mass is 296 g/mol. The number of hydrogen-bond acceptors (Lipinski definition) is 6. The van der Waals surface area contributed by atoms with E-state index in [0.29, 0.717) is 0 Å². The predicted octanol–water partition coefficient (Wildman–Crippen LogP) is -8.34. The van der Waals surface area contributed by atoms with E-state index in [1.165, 1.54) is 0 Å². The second kappa shape index (κ2) is 16.8. The third kappa shape index (κ3) is 322. The van der Waals surface area contributed by atoms with E-state index in [1.54, 1.807) is 0 Å². The van der Waals surface area contributed by atoms with Crippen LogP contribution in [0.1, 0.15) is 0 Å². The van der Waals surface area contributed by atoms with E-state index in [4.69, 9.17) is 25.2 Å². The fourth-order valence-corrected chi connectivity index (χ4v) is 0. The molecule has 0 fully saturated rings. The summed E-state index contributed by atoms with van der Waals surface area (Å²) in [4.78, 5) is 0. The van der Waals surface area contributed by atoms with E-state index >= 15 is 0 Å². The molecule has 0 unspecified atom stereocenters. The Morgan fingerprint density at radius 1 is 0.600 bits per heavy atom. The quantitative estimate of drug-likeness (QED) is 0.402. The Balaban J connectivity index is -0.0000000300. The van der Waals surface area contributed by atoms with Crippen LogP contribution in [0.2, 0.25) is 0 Å². The molecule has 60 valence electrons. The summed E-state index contributed by atoms with van der Waals surface area (Å²) in [6.45, 7) is 0. The molecule has 0 aliphatic rings. The Morgan fingerprint density at radius 3 is 0.600 bits per heavy atom. The van der Waals surface area contributed by atoms with E-state index in [-0.39, 0.29) is 28.5 Å². The second-order valence-electron chi connectivity index (χ2n) is 0.378. The van der Waals surface area contributed by atoms with Gasteiger partial charge in [-0.1, -0.05) is 0 Å². The fraction of sp³-hybridized carbons (Fsp3) is 0. The van der Waals surface area contributed by atoms with Gasteiger partial charge in [0.15, 0.2) is 0 Å². The third-order valence-electron chi connectivity index (χ3n) is 0. The van der Waals surface area contributed by atoms with E-state index < -0.39 is 29.6 Å². The van der Waals surface area contributed by atoms with Crippen molar-refractivity contribution in [3.63, 3.8) is 0 Å². The largest absolute Gasteiger partial charge is 2.00 e. The van der Waals surface area contributed by atoms with Crippen LogP contribution in [0.25, 0.3) is 0 Å². The molecule has 0 saturated heterocycles. The molecule has 2 N–H and O–H groups in total. The van der Waals surface area contributed by atoms with Crippen LogP contribution >= 0.6 is 0 Å². The zero-order chi connectivity index (χ0) is 7.15. The number of hydrogen-bond donors (Lipinski definition) is 0. The van der Waals surface area contributed by atoms with Gasteiger partial charge in [-0.3, -0.25) is 0 Å². The summed E-state index contributed by atoms with van der Waals surface area (Å²) in [5, 5.41) is 0. The van der Waals surface area contributed by atoms with Gasteiger partial charge in [0.2, 0.25) is 29.6 Å². The number of rotatable bonds is 0. The summed E-state index contributed by atoms with van der Waals surface area (Å²) in [7, 11) is 0. The molecule has 0 aliphatic heterocycles. The van der Waals surface area contributed by atoms with Crippen molar-refractivity contribution in [2.45, 2.75) is 0 Å². The van der Waals surface area contributed by atoms with Gasteiger partial charge in [-0.15, -0.1) is 0 Å². The predicted molar refractivity (Wildman–Crippen MR) is 9.37 cm³/mol. The molecule has 0 saturated carbocycles. The van der Waals surface area contributed by atoms with Crippen LogP contribution in [0.4, 0.5) is 0 Å². The third-order valence-corrected chi connectivity index (χ3v) is 0. The van der Waals surface area contributed by atoms with Crippen molar-refractivity contribution >= 4 is 23.1 Å². The maximum atomic E-state index is 8.52. The Hall–Kier alpha value is 1.45. The summed E-state index contributed by atoms with van der Waals surface area (Å²) >= 11 is -7.29. The van der Waals surface area contributed by atoms with Crippen molar-refractivity contribution in [3.8, 4) is 0 Å². The molecule has 10 heteroatoms. The molecule has 0 heterocycles. The van der Waals surface area contributed by atoms with Crippen molar-refractivity contribution in [1.29, 1.82) is 0 Å². The molecule has 0 amide bonds. The molecule has 0 atom stereocenters. The molecular formula is H2Br2MgO7. The minimum absolute atomic E-state index is 0. The van der Waals surface area contributed by atoms with Crippen LogP contribution in [0.5, 0.6) is 0 Å². The smallest absolute Gasteiger partial charge is 0.412 e. The maximum Gasteiger partial charge on any atom is 2.00 e. The Labute approximate surface area is 83.0 Å². The van der Waals surface area contributed by atoms with Crippen molar-refractivity contribution < 1.29 is 60.3 Å². The van der Waals surface area contributed by atoms with Crippen molar-refractivity contribution in [1.82, 2.24) is 0 Å². The van der Waals surface area contributed by atoms with Gasteiger partial charge in [-0.2, -0.15) is 0 Å². The van der Waals surface area contributed by atoms with Crippen molar-refractivity contribution in [2.24, 2.45) is 0 Å². The fourth-order valence-electron chi connectivity index (χ4n) is 0. The minimum Gasteiger partial charge on any atom is -0.412 e. The molecule has 0 radical (unpaired) electrons. The molecule has 0 bridgehead atoms. The van der Waals surface area contributed by atoms with Gasteiger partial charge < -0.3 is 30.7 Å². The molecule has 7 nitrogen and oxygen atoms in total. The molecule has 0 aromatic heterocycles. The summed E-state index contributed by atoms with van der Waals surface area (Å²) in [6.07, 6.45) is 0. The van der Waals surface area contributed by atoms with E-state index in [2.05, 4.69) is 0 Å². The normalized spacial score (nSPS) is 7.20. The van der Waals surface area contributed by atoms with Crippen LogP contribution < -0.4 is 25.2 Å². The first-order chi connectivity index (χ1) is 3.46. The van der Waals surface area contributed by atoms with Crippen LogP contribution in [0, 0.1) is 29.6 Å². The second-order valence-corrected chi connectivity index (χ2v) is 1.96. The van der Waals surface area contributed by atoms with E-state index in [9.17, 15) is 0 Å². The van der Waals surface area contributed by atoms with Gasteiger partial charge >= 0.3 is 23.1 Å². The summed E-state index contributed by atoms with van der Waals surface area (Å²) in [6, 6.07) is 0. The van der Waals surface area contributed by atoms with Crippen LogP contribution in [-0.4, -0.2) is 28.5 Å². The minimum atomic E-state index is -3.65. The van der Waals surface area contributed by atoms with Gasteiger partial charge in [0.25, 0.3) is 0 Å². The van der Waals surface area contributed by atoms with Crippen molar-refractivity contribution in [2.75, 3.05) is 0 Å². The first-order valence-corrected chi connectivity index (χ1v) is 4.81. The van der Waals surface area contributed by atoms with Crippen molar-refractivity contribution in [3.05, 3.63) is 0 Å². The number of halogens is 2. The SMILES string of the molecule is O.[Mg+2].[O-][Br+2]([O-])[O-].[O-][Br+2]([O-])[O-]. The molecule has 0 rings (SSSR count). The first kappa shape index (κ1) is 22.5. The van der Waals surface area contributed by atoms with Crippen LogP contribution in [0.3, 0.4) is 0 Å². The molecule has 10 heavy (non-hydrogen) atoms. The van der Waals surface area contributed by atoms with E-state index in [1.807, 2.05) is 0 Å². The molecule has 0 aromatic rings. The molecule has 0 spiro atoms. The zero-order valence-corrected chi connectivity index (χ0v) is 9.00. The maximum absolute atomic E-state index is 8.52. The van der Waals surface area contributed by atoms with Crippen LogP contribution in [0.15, 0.2) is 0 Å².